The lowest BCUT2D eigenvalue weighted by atomic mass is 10.1. The number of amides is 1. The van der Waals surface area contributed by atoms with E-state index in [4.69, 9.17) is 5.11 Å². The van der Waals surface area contributed by atoms with Crippen molar-refractivity contribution >= 4 is 5.91 Å². The molecule has 0 aliphatic heterocycles. The van der Waals surface area contributed by atoms with Crippen LogP contribution in [-0.2, 0) is 17.5 Å². The molecule has 1 aromatic heterocycles. The van der Waals surface area contributed by atoms with Crippen molar-refractivity contribution in [3.05, 3.63) is 35.7 Å². The lowest BCUT2D eigenvalue weighted by Crippen LogP contribution is -2.31. The molecular weight excluding hydrogens is 303 g/mol. The number of nitrogens with zero attached hydrogens (tertiary/aromatic N) is 2. The van der Waals surface area contributed by atoms with Gasteiger partial charge < -0.3 is 14.9 Å². The first-order valence-corrected chi connectivity index (χ1v) is 6.23. The summed E-state index contributed by atoms with van der Waals surface area (Å²) in [6.45, 7) is 1.52. The summed E-state index contributed by atoms with van der Waals surface area (Å²) in [5.41, 5.74) is 1.06. The summed E-state index contributed by atoms with van der Waals surface area (Å²) in [6, 6.07) is 6.21. The summed E-state index contributed by atoms with van der Waals surface area (Å²) in [5, 5.41) is 14.8. The molecule has 0 aliphatic carbocycles. The van der Waals surface area contributed by atoms with E-state index in [9.17, 15) is 18.0 Å². The predicted octanol–water partition coefficient (Wildman–Crippen LogP) is 1.75. The van der Waals surface area contributed by atoms with Crippen LogP contribution in [0, 0.1) is 0 Å². The summed E-state index contributed by atoms with van der Waals surface area (Å²) in [6.07, 6.45) is -5.80. The van der Waals surface area contributed by atoms with E-state index in [0.29, 0.717) is 11.1 Å². The Morgan fingerprint density at radius 1 is 1.36 bits per heavy atom. The summed E-state index contributed by atoms with van der Waals surface area (Å²) < 4.78 is 41.2. The van der Waals surface area contributed by atoms with Crippen LogP contribution in [0.2, 0.25) is 0 Å². The molecule has 1 amide bonds. The average molecular weight is 315 g/mol. The summed E-state index contributed by atoms with van der Waals surface area (Å²) in [4.78, 5) is 14.5. The van der Waals surface area contributed by atoms with E-state index in [0.717, 1.165) is 0 Å². The third-order valence-corrected chi connectivity index (χ3v) is 2.73. The molecule has 0 saturated heterocycles. The first kappa shape index (κ1) is 16.0. The first-order valence-electron chi connectivity index (χ1n) is 6.23. The molecule has 0 bridgehead atoms. The Morgan fingerprint density at radius 3 is 2.50 bits per heavy atom. The Bertz CT molecular complexity index is 651. The van der Waals surface area contributed by atoms with Gasteiger partial charge in [0.1, 0.15) is 6.10 Å². The number of aromatic nitrogens is 2. The standard InChI is InChI=1S/C13H12F3N3O3/c1-7(20)11(21)17-6-8-2-4-9(5-3-8)10-18-12(22-19-10)13(14,15)16/h2-5,7,20H,6H2,1H3,(H,17,21). The Hall–Kier alpha value is -2.42. The average Bonchev–Trinajstić information content (AvgIpc) is 2.95. The molecule has 1 atom stereocenters. The lowest BCUT2D eigenvalue weighted by molar-refractivity contribution is -0.159. The van der Waals surface area contributed by atoms with Crippen LogP contribution >= 0.6 is 0 Å². The van der Waals surface area contributed by atoms with E-state index in [1.807, 2.05) is 0 Å². The molecule has 9 heteroatoms. The quantitative estimate of drug-likeness (QED) is 0.897. The van der Waals surface area contributed by atoms with Gasteiger partial charge in [-0.2, -0.15) is 18.2 Å². The van der Waals surface area contributed by atoms with Crippen molar-refractivity contribution in [3.63, 3.8) is 0 Å². The van der Waals surface area contributed by atoms with Gasteiger partial charge in [0, 0.05) is 12.1 Å². The summed E-state index contributed by atoms with van der Waals surface area (Å²) in [7, 11) is 0. The molecule has 0 saturated carbocycles. The van der Waals surface area contributed by atoms with Gasteiger partial charge in [0.15, 0.2) is 0 Å². The smallest absolute Gasteiger partial charge is 0.384 e. The first-order chi connectivity index (χ1) is 10.3. The molecule has 2 rings (SSSR count). The number of hydrogen-bond donors (Lipinski definition) is 2. The van der Waals surface area contributed by atoms with Crippen molar-refractivity contribution in [2.45, 2.75) is 25.7 Å². The zero-order valence-corrected chi connectivity index (χ0v) is 11.4. The van der Waals surface area contributed by atoms with E-state index < -0.39 is 24.1 Å². The van der Waals surface area contributed by atoms with Gasteiger partial charge in [-0.25, -0.2) is 0 Å². The number of carbonyl (C=O) groups is 1. The number of benzene rings is 1. The van der Waals surface area contributed by atoms with E-state index in [1.165, 1.54) is 19.1 Å². The fourth-order valence-electron chi connectivity index (χ4n) is 1.56. The summed E-state index contributed by atoms with van der Waals surface area (Å²) >= 11 is 0. The van der Waals surface area contributed by atoms with Crippen LogP contribution in [0.15, 0.2) is 28.8 Å². The topological polar surface area (TPSA) is 88.2 Å². The monoisotopic (exact) mass is 315 g/mol. The molecule has 22 heavy (non-hydrogen) atoms. The number of alkyl halides is 3. The van der Waals surface area contributed by atoms with Crippen LogP contribution in [-0.4, -0.2) is 27.3 Å². The fourth-order valence-corrected chi connectivity index (χ4v) is 1.56. The van der Waals surface area contributed by atoms with Crippen LogP contribution in [0.1, 0.15) is 18.4 Å². The molecule has 6 nitrogen and oxygen atoms in total. The van der Waals surface area contributed by atoms with Crippen molar-refractivity contribution < 1.29 is 27.6 Å². The van der Waals surface area contributed by atoms with Crippen LogP contribution in [0.4, 0.5) is 13.2 Å². The largest absolute Gasteiger partial charge is 0.471 e. The maximum Gasteiger partial charge on any atom is 0.471 e. The Balaban J connectivity index is 2.06. The van der Waals surface area contributed by atoms with Gasteiger partial charge in [0.05, 0.1) is 0 Å². The van der Waals surface area contributed by atoms with Crippen molar-refractivity contribution in [3.8, 4) is 11.4 Å². The third-order valence-electron chi connectivity index (χ3n) is 2.73. The highest BCUT2D eigenvalue weighted by Crippen LogP contribution is 2.29. The van der Waals surface area contributed by atoms with Crippen LogP contribution in [0.25, 0.3) is 11.4 Å². The molecule has 1 aromatic carbocycles. The van der Waals surface area contributed by atoms with Gasteiger partial charge >= 0.3 is 12.1 Å². The number of aliphatic hydroxyl groups is 1. The number of aliphatic hydroxyl groups excluding tert-OH is 1. The van der Waals surface area contributed by atoms with Gasteiger partial charge in [-0.05, 0) is 12.5 Å². The maximum absolute atomic E-state index is 12.4. The highest BCUT2D eigenvalue weighted by Gasteiger charge is 2.38. The maximum atomic E-state index is 12.4. The zero-order chi connectivity index (χ0) is 16.3. The van der Waals surface area contributed by atoms with E-state index in [1.54, 1.807) is 12.1 Å². The zero-order valence-electron chi connectivity index (χ0n) is 11.4. The van der Waals surface area contributed by atoms with Crippen molar-refractivity contribution in [2.24, 2.45) is 0 Å². The second-order valence-corrected chi connectivity index (χ2v) is 4.51. The van der Waals surface area contributed by atoms with Crippen molar-refractivity contribution in [1.82, 2.24) is 15.5 Å². The molecule has 0 spiro atoms. The minimum atomic E-state index is -4.68. The predicted molar refractivity (Wildman–Crippen MR) is 68.3 cm³/mol. The molecule has 1 heterocycles. The normalized spacial score (nSPS) is 13.0. The molecule has 2 aromatic rings. The minimum absolute atomic E-state index is 0.174. The second-order valence-electron chi connectivity index (χ2n) is 4.51. The van der Waals surface area contributed by atoms with E-state index >= 15 is 0 Å². The lowest BCUT2D eigenvalue weighted by Gasteiger charge is -2.07. The van der Waals surface area contributed by atoms with Gasteiger partial charge in [-0.1, -0.05) is 29.4 Å². The van der Waals surface area contributed by atoms with Gasteiger partial charge in [-0.15, -0.1) is 0 Å². The molecule has 1 unspecified atom stereocenters. The molecule has 0 fully saturated rings. The van der Waals surface area contributed by atoms with Crippen LogP contribution in [0.5, 0.6) is 0 Å². The number of rotatable bonds is 4. The number of halogens is 3. The Labute approximate surface area is 123 Å². The van der Waals surface area contributed by atoms with Crippen molar-refractivity contribution in [2.75, 3.05) is 0 Å². The third kappa shape index (κ3) is 3.82. The van der Waals surface area contributed by atoms with Gasteiger partial charge in [0.2, 0.25) is 11.7 Å². The van der Waals surface area contributed by atoms with Gasteiger partial charge in [-0.3, -0.25) is 4.79 Å². The second kappa shape index (κ2) is 6.14. The molecule has 118 valence electrons. The van der Waals surface area contributed by atoms with Crippen LogP contribution < -0.4 is 5.32 Å². The van der Waals surface area contributed by atoms with E-state index in [2.05, 4.69) is 20.0 Å². The molecule has 0 radical (unpaired) electrons. The minimum Gasteiger partial charge on any atom is -0.384 e. The fraction of sp³-hybridized carbons (Fsp3) is 0.308. The SMILES string of the molecule is CC(O)C(=O)NCc1ccc(-c2noc(C(F)(F)F)n2)cc1. The van der Waals surface area contributed by atoms with Crippen LogP contribution in [0.3, 0.4) is 0 Å². The number of carbonyl (C=O) groups excluding carboxylic acids is 1. The van der Waals surface area contributed by atoms with E-state index in [-0.39, 0.29) is 12.4 Å². The molecular formula is C13H12F3N3O3. The highest BCUT2D eigenvalue weighted by atomic mass is 19.4. The number of hydrogen-bond acceptors (Lipinski definition) is 5. The summed E-state index contributed by atoms with van der Waals surface area (Å²) in [5.74, 6) is -2.10. The highest BCUT2D eigenvalue weighted by molar-refractivity contribution is 5.79. The Kier molecular flexibility index (Phi) is 4.45. The molecule has 2 N–H and O–H groups in total. The molecule has 0 aliphatic rings. The van der Waals surface area contributed by atoms with Crippen molar-refractivity contribution in [1.29, 1.82) is 0 Å². The number of nitrogens with one attached hydrogen (secondary N) is 1. The Morgan fingerprint density at radius 2 is 2.00 bits per heavy atom. The van der Waals surface area contributed by atoms with Gasteiger partial charge in [0.25, 0.3) is 0 Å².